The Morgan fingerprint density at radius 1 is 1.50 bits per heavy atom. The van der Waals surface area contributed by atoms with E-state index in [2.05, 4.69) is 17.3 Å². The molecule has 0 radical (unpaired) electrons. The molecule has 1 atom stereocenters. The normalized spacial score (nSPS) is 19.2. The van der Waals surface area contributed by atoms with E-state index in [0.29, 0.717) is 19.0 Å². The van der Waals surface area contributed by atoms with Gasteiger partial charge in [0.25, 0.3) is 0 Å². The van der Waals surface area contributed by atoms with Crippen molar-refractivity contribution in [3.05, 3.63) is 0 Å². The van der Waals surface area contributed by atoms with Crippen molar-refractivity contribution in [2.24, 2.45) is 0 Å². The van der Waals surface area contributed by atoms with Crippen molar-refractivity contribution in [1.29, 1.82) is 0 Å². The number of carbonyl (C=O) groups is 1. The van der Waals surface area contributed by atoms with E-state index in [9.17, 15) is 4.79 Å². The maximum absolute atomic E-state index is 10.9. The number of rotatable bonds is 7. The van der Waals surface area contributed by atoms with Gasteiger partial charge in [-0.1, -0.05) is 19.8 Å². The minimum absolute atomic E-state index is 0.395. The van der Waals surface area contributed by atoms with Crippen molar-refractivity contribution in [3.8, 4) is 0 Å². The van der Waals surface area contributed by atoms with E-state index in [1.54, 1.807) is 0 Å². The van der Waals surface area contributed by atoms with E-state index in [1.165, 1.54) is 25.7 Å². The molecule has 1 aliphatic carbocycles. The van der Waals surface area contributed by atoms with Crippen LogP contribution in [0.4, 0.5) is 0 Å². The minimum atomic E-state index is -0.735. The van der Waals surface area contributed by atoms with Gasteiger partial charge in [-0.15, -0.1) is 0 Å². The molecule has 1 rings (SSSR count). The van der Waals surface area contributed by atoms with Crippen LogP contribution in [0.2, 0.25) is 0 Å². The number of aliphatic carboxylic acids is 1. The lowest BCUT2D eigenvalue weighted by Gasteiger charge is -2.25. The van der Waals surface area contributed by atoms with Gasteiger partial charge in [0.2, 0.25) is 0 Å². The fourth-order valence-electron chi connectivity index (χ4n) is 2.42. The molecule has 1 saturated carbocycles. The van der Waals surface area contributed by atoms with Crippen molar-refractivity contribution in [2.45, 2.75) is 51.1 Å². The number of nitrogens with one attached hydrogen (secondary N) is 1. The zero-order valence-corrected chi connectivity index (χ0v) is 10.4. The molecule has 0 amide bonds. The summed E-state index contributed by atoms with van der Waals surface area (Å²) in [6.45, 7) is 3.52. The average molecular weight is 228 g/mol. The first kappa shape index (κ1) is 13.5. The first-order valence-corrected chi connectivity index (χ1v) is 6.31. The van der Waals surface area contributed by atoms with Gasteiger partial charge in [0.05, 0.1) is 0 Å². The molecule has 1 unspecified atom stereocenters. The van der Waals surface area contributed by atoms with Gasteiger partial charge in [-0.25, -0.2) is 0 Å². The maximum atomic E-state index is 10.9. The Balaban J connectivity index is 2.27. The molecule has 1 fully saturated rings. The van der Waals surface area contributed by atoms with Crippen molar-refractivity contribution in [3.63, 3.8) is 0 Å². The second kappa shape index (κ2) is 6.86. The van der Waals surface area contributed by atoms with E-state index in [4.69, 9.17) is 5.11 Å². The second-order valence-electron chi connectivity index (χ2n) is 4.66. The highest BCUT2D eigenvalue weighted by atomic mass is 16.4. The lowest BCUT2D eigenvalue weighted by Crippen LogP contribution is -2.40. The third kappa shape index (κ3) is 4.10. The highest BCUT2D eigenvalue weighted by molar-refractivity contribution is 5.73. The highest BCUT2D eigenvalue weighted by Gasteiger charge is 2.22. The predicted molar refractivity (Wildman–Crippen MR) is 64.6 cm³/mol. The Hall–Kier alpha value is -0.610. The predicted octanol–water partition coefficient (Wildman–Crippen LogP) is 1.31. The topological polar surface area (TPSA) is 52.6 Å². The van der Waals surface area contributed by atoms with Crippen molar-refractivity contribution >= 4 is 5.97 Å². The van der Waals surface area contributed by atoms with Gasteiger partial charge in [-0.05, 0) is 32.9 Å². The first-order valence-electron chi connectivity index (χ1n) is 6.31. The largest absolute Gasteiger partial charge is 0.480 e. The summed E-state index contributed by atoms with van der Waals surface area (Å²) in [5.41, 5.74) is 0. The average Bonchev–Trinajstić information content (AvgIpc) is 2.76. The van der Waals surface area contributed by atoms with Gasteiger partial charge in [-0.2, -0.15) is 0 Å². The molecule has 0 spiro atoms. The van der Waals surface area contributed by atoms with Crippen LogP contribution in [0.25, 0.3) is 0 Å². The van der Waals surface area contributed by atoms with Gasteiger partial charge < -0.3 is 15.3 Å². The molecule has 0 aliphatic heterocycles. The summed E-state index contributed by atoms with van der Waals surface area (Å²) >= 11 is 0. The SMILES string of the molecule is CCNC(CCN(C)C1CCCC1)C(=O)O. The van der Waals surface area contributed by atoms with Crippen molar-refractivity contribution in [2.75, 3.05) is 20.1 Å². The molecule has 4 nitrogen and oxygen atoms in total. The molecule has 1 aliphatic rings. The number of carboxylic acid groups (broad SMARTS) is 1. The fraction of sp³-hybridized carbons (Fsp3) is 0.917. The molecular weight excluding hydrogens is 204 g/mol. The molecule has 16 heavy (non-hydrogen) atoms. The lowest BCUT2D eigenvalue weighted by atomic mass is 10.1. The number of carboxylic acids is 1. The number of hydrogen-bond donors (Lipinski definition) is 2. The Kier molecular flexibility index (Phi) is 5.77. The zero-order chi connectivity index (χ0) is 12.0. The highest BCUT2D eigenvalue weighted by Crippen LogP contribution is 2.22. The Labute approximate surface area is 98.0 Å². The molecule has 0 bridgehead atoms. The molecule has 0 aromatic heterocycles. The van der Waals surface area contributed by atoms with Crippen molar-refractivity contribution < 1.29 is 9.90 Å². The number of nitrogens with zero attached hydrogens (tertiary/aromatic N) is 1. The van der Waals surface area contributed by atoms with Crippen LogP contribution in [0.1, 0.15) is 39.0 Å². The third-order valence-electron chi connectivity index (χ3n) is 3.47. The number of hydrogen-bond acceptors (Lipinski definition) is 3. The summed E-state index contributed by atoms with van der Waals surface area (Å²) in [7, 11) is 2.11. The van der Waals surface area contributed by atoms with Crippen LogP contribution >= 0.6 is 0 Å². The van der Waals surface area contributed by atoms with Crippen LogP contribution in [0.15, 0.2) is 0 Å². The summed E-state index contributed by atoms with van der Waals surface area (Å²) in [6.07, 6.45) is 5.89. The van der Waals surface area contributed by atoms with Gasteiger partial charge in [0.15, 0.2) is 0 Å². The van der Waals surface area contributed by atoms with Crippen LogP contribution in [0, 0.1) is 0 Å². The summed E-state index contributed by atoms with van der Waals surface area (Å²) in [5.74, 6) is -0.735. The first-order chi connectivity index (χ1) is 7.65. The van der Waals surface area contributed by atoms with Crippen LogP contribution in [-0.2, 0) is 4.79 Å². The van der Waals surface area contributed by atoms with E-state index in [1.807, 2.05) is 6.92 Å². The molecule has 94 valence electrons. The molecule has 0 saturated heterocycles. The second-order valence-corrected chi connectivity index (χ2v) is 4.66. The van der Waals surface area contributed by atoms with E-state index in [-0.39, 0.29) is 0 Å². The van der Waals surface area contributed by atoms with Crippen LogP contribution in [-0.4, -0.2) is 48.2 Å². The van der Waals surface area contributed by atoms with E-state index >= 15 is 0 Å². The minimum Gasteiger partial charge on any atom is -0.480 e. The molecule has 0 aromatic rings. The zero-order valence-electron chi connectivity index (χ0n) is 10.4. The van der Waals surface area contributed by atoms with Gasteiger partial charge >= 0.3 is 5.97 Å². The summed E-state index contributed by atoms with van der Waals surface area (Å²) in [4.78, 5) is 13.3. The Morgan fingerprint density at radius 3 is 2.62 bits per heavy atom. The van der Waals surface area contributed by atoms with Gasteiger partial charge in [-0.3, -0.25) is 4.79 Å². The molecule has 4 heteroatoms. The Morgan fingerprint density at radius 2 is 2.12 bits per heavy atom. The molecular formula is C12H24N2O2. The summed E-state index contributed by atoms with van der Waals surface area (Å²) in [5, 5.41) is 12.0. The Bertz CT molecular complexity index is 215. The summed E-state index contributed by atoms with van der Waals surface area (Å²) < 4.78 is 0. The van der Waals surface area contributed by atoms with Gasteiger partial charge in [0, 0.05) is 12.6 Å². The molecule has 2 N–H and O–H groups in total. The van der Waals surface area contributed by atoms with E-state index < -0.39 is 12.0 Å². The fourth-order valence-corrected chi connectivity index (χ4v) is 2.42. The van der Waals surface area contributed by atoms with Crippen molar-refractivity contribution in [1.82, 2.24) is 10.2 Å². The molecule has 0 heterocycles. The molecule has 0 aromatic carbocycles. The maximum Gasteiger partial charge on any atom is 0.320 e. The van der Waals surface area contributed by atoms with Crippen LogP contribution in [0.3, 0.4) is 0 Å². The lowest BCUT2D eigenvalue weighted by molar-refractivity contribution is -0.139. The van der Waals surface area contributed by atoms with E-state index in [0.717, 1.165) is 6.54 Å². The quantitative estimate of drug-likeness (QED) is 0.690. The van der Waals surface area contributed by atoms with Gasteiger partial charge in [0.1, 0.15) is 6.04 Å². The summed E-state index contributed by atoms with van der Waals surface area (Å²) in [6, 6.07) is 0.282. The van der Waals surface area contributed by atoms with Crippen LogP contribution in [0.5, 0.6) is 0 Å². The standard InChI is InChI=1S/C12H24N2O2/c1-3-13-11(12(15)16)8-9-14(2)10-6-4-5-7-10/h10-11,13H,3-9H2,1-2H3,(H,15,16). The smallest absolute Gasteiger partial charge is 0.320 e. The third-order valence-corrected chi connectivity index (χ3v) is 3.47. The van der Waals surface area contributed by atoms with Crippen LogP contribution < -0.4 is 5.32 Å². The number of likely N-dealkylation sites (N-methyl/N-ethyl adjacent to an activating group) is 1. The monoisotopic (exact) mass is 228 g/mol.